The maximum Gasteiger partial charge on any atom is 0.126 e. The van der Waals surface area contributed by atoms with Gasteiger partial charge in [-0.05, 0) is 30.7 Å². The Bertz CT molecular complexity index is 416. The van der Waals surface area contributed by atoms with Crippen molar-refractivity contribution >= 4 is 5.57 Å². The number of nitriles is 1. The molecule has 3 heteroatoms. The molecule has 0 aliphatic heterocycles. The van der Waals surface area contributed by atoms with Gasteiger partial charge in [0.1, 0.15) is 11.5 Å². The van der Waals surface area contributed by atoms with Crippen molar-refractivity contribution < 1.29 is 9.47 Å². The highest BCUT2D eigenvalue weighted by atomic mass is 16.5. The van der Waals surface area contributed by atoms with E-state index >= 15 is 0 Å². The van der Waals surface area contributed by atoms with Crippen molar-refractivity contribution in [1.82, 2.24) is 0 Å². The largest absolute Gasteiger partial charge is 0.497 e. The average molecular weight is 203 g/mol. The van der Waals surface area contributed by atoms with Gasteiger partial charge in [0.05, 0.1) is 20.3 Å². The van der Waals surface area contributed by atoms with E-state index in [1.54, 1.807) is 14.2 Å². The summed E-state index contributed by atoms with van der Waals surface area (Å²) in [6, 6.07) is 7.49. The number of allylic oxidation sites excluding steroid dienone is 2. The third-order valence-corrected chi connectivity index (χ3v) is 2.11. The molecule has 1 aromatic rings. The minimum atomic E-state index is 0.736. The van der Waals surface area contributed by atoms with Crippen LogP contribution in [0.2, 0.25) is 0 Å². The first-order chi connectivity index (χ1) is 7.22. The fraction of sp³-hybridized carbons (Fsp3) is 0.250. The van der Waals surface area contributed by atoms with E-state index in [1.165, 1.54) is 6.08 Å². The molecule has 0 fully saturated rings. The first-order valence-corrected chi connectivity index (χ1v) is 4.51. The van der Waals surface area contributed by atoms with E-state index in [0.717, 1.165) is 22.6 Å². The molecule has 15 heavy (non-hydrogen) atoms. The highest BCUT2D eigenvalue weighted by Gasteiger charge is 2.06. The predicted molar refractivity (Wildman–Crippen MR) is 58.8 cm³/mol. The lowest BCUT2D eigenvalue weighted by Gasteiger charge is -2.09. The molecule has 0 aliphatic carbocycles. The molecule has 0 atom stereocenters. The molecular weight excluding hydrogens is 190 g/mol. The van der Waals surface area contributed by atoms with Crippen LogP contribution in [0.3, 0.4) is 0 Å². The fourth-order valence-corrected chi connectivity index (χ4v) is 1.30. The van der Waals surface area contributed by atoms with Crippen LogP contribution in [0.1, 0.15) is 12.5 Å². The van der Waals surface area contributed by atoms with Gasteiger partial charge in [0.15, 0.2) is 0 Å². The SMILES string of the molecule is COc1ccc(OC)c(C(C)=CC#N)c1. The Morgan fingerprint density at radius 1 is 1.33 bits per heavy atom. The van der Waals surface area contributed by atoms with Gasteiger partial charge >= 0.3 is 0 Å². The summed E-state index contributed by atoms with van der Waals surface area (Å²) in [5.41, 5.74) is 1.73. The molecule has 0 unspecified atom stereocenters. The molecule has 78 valence electrons. The highest BCUT2D eigenvalue weighted by Crippen LogP contribution is 2.29. The van der Waals surface area contributed by atoms with Crippen LogP contribution in [-0.4, -0.2) is 14.2 Å². The van der Waals surface area contributed by atoms with Gasteiger partial charge in [0, 0.05) is 11.6 Å². The third kappa shape index (κ3) is 2.50. The maximum absolute atomic E-state index is 8.59. The van der Waals surface area contributed by atoms with Crippen LogP contribution < -0.4 is 9.47 Å². The van der Waals surface area contributed by atoms with Crippen LogP contribution in [-0.2, 0) is 0 Å². The smallest absolute Gasteiger partial charge is 0.126 e. The highest BCUT2D eigenvalue weighted by molar-refractivity contribution is 5.71. The van der Waals surface area contributed by atoms with E-state index in [4.69, 9.17) is 14.7 Å². The van der Waals surface area contributed by atoms with Crippen LogP contribution in [0, 0.1) is 11.3 Å². The topological polar surface area (TPSA) is 42.2 Å². The summed E-state index contributed by atoms with van der Waals surface area (Å²) in [5, 5.41) is 8.59. The molecule has 0 saturated carbocycles. The molecule has 3 nitrogen and oxygen atoms in total. The zero-order valence-corrected chi connectivity index (χ0v) is 9.07. The molecule has 0 bridgehead atoms. The molecule has 0 amide bonds. The first-order valence-electron chi connectivity index (χ1n) is 4.51. The molecular formula is C12H13NO2. The molecule has 0 aliphatic rings. The molecule has 0 spiro atoms. The van der Waals surface area contributed by atoms with E-state index in [0.29, 0.717) is 0 Å². The first kappa shape index (κ1) is 11.1. The standard InChI is InChI=1S/C12H13NO2/c1-9(6-7-13)11-8-10(14-2)4-5-12(11)15-3/h4-6,8H,1-3H3. The average Bonchev–Trinajstić information content (AvgIpc) is 2.28. The van der Waals surface area contributed by atoms with Crippen LogP contribution >= 0.6 is 0 Å². The van der Waals surface area contributed by atoms with Gasteiger partial charge < -0.3 is 9.47 Å². The monoisotopic (exact) mass is 203 g/mol. The van der Waals surface area contributed by atoms with Gasteiger partial charge in [0.25, 0.3) is 0 Å². The Morgan fingerprint density at radius 2 is 2.07 bits per heavy atom. The molecule has 0 aromatic heterocycles. The van der Waals surface area contributed by atoms with Crippen molar-refractivity contribution in [2.24, 2.45) is 0 Å². The number of benzene rings is 1. The van der Waals surface area contributed by atoms with Crippen molar-refractivity contribution in [2.75, 3.05) is 14.2 Å². The Balaban J connectivity index is 3.24. The number of methoxy groups -OCH3 is 2. The summed E-state index contributed by atoms with van der Waals surface area (Å²) in [7, 11) is 3.21. The Morgan fingerprint density at radius 3 is 2.60 bits per heavy atom. The summed E-state index contributed by atoms with van der Waals surface area (Å²) in [6.45, 7) is 1.86. The van der Waals surface area contributed by atoms with Gasteiger partial charge in [-0.2, -0.15) is 5.26 Å². The lowest BCUT2D eigenvalue weighted by Crippen LogP contribution is -1.91. The number of hydrogen-bond acceptors (Lipinski definition) is 3. The Labute approximate surface area is 89.6 Å². The van der Waals surface area contributed by atoms with Crippen molar-refractivity contribution in [3.63, 3.8) is 0 Å². The van der Waals surface area contributed by atoms with Gasteiger partial charge in [-0.3, -0.25) is 0 Å². The third-order valence-electron chi connectivity index (χ3n) is 2.11. The quantitative estimate of drug-likeness (QED) is 0.709. The Hall–Kier alpha value is -1.95. The zero-order valence-electron chi connectivity index (χ0n) is 9.07. The second kappa shape index (κ2) is 5.06. The zero-order chi connectivity index (χ0) is 11.3. The number of nitrogens with zero attached hydrogens (tertiary/aromatic N) is 1. The van der Waals surface area contributed by atoms with Gasteiger partial charge in [-0.15, -0.1) is 0 Å². The van der Waals surface area contributed by atoms with Crippen molar-refractivity contribution in [3.8, 4) is 17.6 Å². The summed E-state index contributed by atoms with van der Waals surface area (Å²) in [4.78, 5) is 0. The summed E-state index contributed by atoms with van der Waals surface area (Å²) >= 11 is 0. The van der Waals surface area contributed by atoms with E-state index in [1.807, 2.05) is 31.2 Å². The second-order valence-corrected chi connectivity index (χ2v) is 3.02. The van der Waals surface area contributed by atoms with Crippen LogP contribution in [0.5, 0.6) is 11.5 Å². The second-order valence-electron chi connectivity index (χ2n) is 3.02. The molecule has 0 N–H and O–H groups in total. The van der Waals surface area contributed by atoms with Crippen LogP contribution in [0.15, 0.2) is 24.3 Å². The summed E-state index contributed by atoms with van der Waals surface area (Å²) < 4.78 is 10.3. The van der Waals surface area contributed by atoms with E-state index in [2.05, 4.69) is 0 Å². The van der Waals surface area contributed by atoms with Crippen molar-refractivity contribution in [1.29, 1.82) is 5.26 Å². The van der Waals surface area contributed by atoms with Gasteiger partial charge in [-0.25, -0.2) is 0 Å². The summed E-state index contributed by atoms with van der Waals surface area (Å²) in [6.07, 6.45) is 1.48. The van der Waals surface area contributed by atoms with Crippen LogP contribution in [0.4, 0.5) is 0 Å². The molecule has 0 heterocycles. The van der Waals surface area contributed by atoms with E-state index < -0.39 is 0 Å². The molecule has 0 radical (unpaired) electrons. The summed E-state index contributed by atoms with van der Waals surface area (Å²) in [5.74, 6) is 1.48. The Kier molecular flexibility index (Phi) is 3.75. The van der Waals surface area contributed by atoms with Gasteiger partial charge in [-0.1, -0.05) is 0 Å². The lowest BCUT2D eigenvalue weighted by atomic mass is 10.1. The fourth-order valence-electron chi connectivity index (χ4n) is 1.30. The van der Waals surface area contributed by atoms with Gasteiger partial charge in [0.2, 0.25) is 0 Å². The number of ether oxygens (including phenoxy) is 2. The van der Waals surface area contributed by atoms with Crippen molar-refractivity contribution in [3.05, 3.63) is 29.8 Å². The normalized spacial score (nSPS) is 10.7. The molecule has 1 rings (SSSR count). The maximum atomic E-state index is 8.59. The lowest BCUT2D eigenvalue weighted by molar-refractivity contribution is 0.402. The number of hydrogen-bond donors (Lipinski definition) is 0. The predicted octanol–water partition coefficient (Wildman–Crippen LogP) is 2.63. The molecule has 1 aromatic carbocycles. The van der Waals surface area contributed by atoms with Crippen LogP contribution in [0.25, 0.3) is 5.57 Å². The van der Waals surface area contributed by atoms with Crippen molar-refractivity contribution in [2.45, 2.75) is 6.92 Å². The van der Waals surface area contributed by atoms with E-state index in [-0.39, 0.29) is 0 Å². The minimum absolute atomic E-state index is 0.736. The minimum Gasteiger partial charge on any atom is -0.497 e. The van der Waals surface area contributed by atoms with E-state index in [9.17, 15) is 0 Å². The molecule has 0 saturated heterocycles. The number of rotatable bonds is 3.